The molecule has 0 saturated carbocycles. The second kappa shape index (κ2) is 4.16. The third-order valence-electron chi connectivity index (χ3n) is 2.99. The van der Waals surface area contributed by atoms with Crippen LogP contribution in [0.1, 0.15) is 25.5 Å². The molecule has 3 N–H and O–H groups in total. The lowest BCUT2D eigenvalue weighted by atomic mass is 9.90. The van der Waals surface area contributed by atoms with Crippen LogP contribution >= 0.6 is 0 Å². The molecule has 0 spiro atoms. The monoisotopic (exact) mass is 209 g/mol. The van der Waals surface area contributed by atoms with Crippen molar-refractivity contribution in [2.75, 3.05) is 19.8 Å². The number of aliphatic hydroxyl groups is 1. The molecule has 0 radical (unpaired) electrons. The smallest absolute Gasteiger partial charge is 0.129 e. The van der Waals surface area contributed by atoms with E-state index in [-0.39, 0.29) is 5.54 Å². The van der Waals surface area contributed by atoms with Crippen LogP contribution in [0.3, 0.4) is 0 Å². The molecule has 15 heavy (non-hydrogen) atoms. The largest absolute Gasteiger partial charge is 0.386 e. The van der Waals surface area contributed by atoms with Crippen LogP contribution in [-0.2, 0) is 0 Å². The Bertz CT molecular complexity index is 336. The quantitative estimate of drug-likeness (QED) is 0.780. The van der Waals surface area contributed by atoms with Crippen molar-refractivity contribution in [1.29, 1.82) is 0 Å². The Morgan fingerprint density at radius 1 is 1.47 bits per heavy atom. The Labute approximate surface area is 90.7 Å². The van der Waals surface area contributed by atoms with E-state index in [0.717, 1.165) is 0 Å². The highest BCUT2D eigenvalue weighted by Gasteiger charge is 2.32. The summed E-state index contributed by atoms with van der Waals surface area (Å²) in [5.41, 5.74) is 6.03. The van der Waals surface area contributed by atoms with Gasteiger partial charge in [0.25, 0.3) is 0 Å². The number of pyridine rings is 1. The maximum absolute atomic E-state index is 10.2. The summed E-state index contributed by atoms with van der Waals surface area (Å²) in [5.74, 6) is 0.389. The number of hydrogen-bond acceptors (Lipinski definition) is 4. The maximum Gasteiger partial charge on any atom is 0.129 e. The summed E-state index contributed by atoms with van der Waals surface area (Å²) in [6.45, 7) is 3.92. The van der Waals surface area contributed by atoms with E-state index in [1.54, 1.807) is 18.3 Å². The van der Waals surface area contributed by atoms with Crippen molar-refractivity contribution < 1.29 is 5.11 Å². The molecule has 0 amide bonds. The molecule has 1 unspecified atom stereocenters. The minimum absolute atomic E-state index is 0.378. The van der Waals surface area contributed by atoms with Gasteiger partial charge in [-0.05, 0) is 34.0 Å². The highest BCUT2D eigenvalue weighted by atomic mass is 16.3. The average molecular weight is 209 g/mol. The van der Waals surface area contributed by atoms with Crippen LogP contribution in [0.25, 0.3) is 0 Å². The van der Waals surface area contributed by atoms with Gasteiger partial charge in [-0.25, -0.2) is 4.98 Å². The molecule has 0 fully saturated rings. The van der Waals surface area contributed by atoms with E-state index >= 15 is 0 Å². The molecular weight excluding hydrogens is 190 g/mol. The Morgan fingerprint density at radius 2 is 2.07 bits per heavy atom. The lowest BCUT2D eigenvalue weighted by Gasteiger charge is -2.37. The molecule has 1 heterocycles. The SMILES string of the molecule is CN(C)C(C)(C)C(O)c1cccnc1N. The van der Waals surface area contributed by atoms with E-state index in [4.69, 9.17) is 5.73 Å². The summed E-state index contributed by atoms with van der Waals surface area (Å²) < 4.78 is 0. The summed E-state index contributed by atoms with van der Waals surface area (Å²) in [7, 11) is 3.85. The lowest BCUT2D eigenvalue weighted by Crippen LogP contribution is -2.44. The van der Waals surface area contributed by atoms with Crippen molar-refractivity contribution >= 4 is 5.82 Å². The molecule has 0 bridgehead atoms. The summed E-state index contributed by atoms with van der Waals surface area (Å²) in [4.78, 5) is 5.93. The molecule has 84 valence electrons. The van der Waals surface area contributed by atoms with Gasteiger partial charge in [0.2, 0.25) is 0 Å². The number of likely N-dealkylation sites (N-methyl/N-ethyl adjacent to an activating group) is 1. The number of nitrogen functional groups attached to an aromatic ring is 1. The van der Waals surface area contributed by atoms with Gasteiger partial charge in [0.15, 0.2) is 0 Å². The third-order valence-corrected chi connectivity index (χ3v) is 2.99. The second-order valence-electron chi connectivity index (χ2n) is 4.43. The second-order valence-corrected chi connectivity index (χ2v) is 4.43. The van der Waals surface area contributed by atoms with E-state index in [2.05, 4.69) is 4.98 Å². The van der Waals surface area contributed by atoms with Crippen LogP contribution in [-0.4, -0.2) is 34.6 Å². The lowest BCUT2D eigenvalue weighted by molar-refractivity contribution is 0.0167. The molecule has 4 nitrogen and oxygen atoms in total. The van der Waals surface area contributed by atoms with Gasteiger partial charge in [-0.3, -0.25) is 0 Å². The van der Waals surface area contributed by atoms with Crippen LogP contribution in [0.5, 0.6) is 0 Å². The zero-order valence-electron chi connectivity index (χ0n) is 9.73. The maximum atomic E-state index is 10.2. The van der Waals surface area contributed by atoms with Crippen molar-refractivity contribution in [3.63, 3.8) is 0 Å². The molecule has 1 atom stereocenters. The molecule has 0 aliphatic heterocycles. The van der Waals surface area contributed by atoms with E-state index < -0.39 is 6.10 Å². The number of aromatic nitrogens is 1. The summed E-state index contributed by atoms with van der Waals surface area (Å²) in [6, 6.07) is 3.58. The number of nitrogens with zero attached hydrogens (tertiary/aromatic N) is 2. The van der Waals surface area contributed by atoms with Crippen LogP contribution in [0.15, 0.2) is 18.3 Å². The molecule has 4 heteroatoms. The first kappa shape index (κ1) is 11.9. The fourth-order valence-corrected chi connectivity index (χ4v) is 1.29. The third kappa shape index (κ3) is 2.27. The molecular formula is C11H19N3O. The van der Waals surface area contributed by atoms with Crippen LogP contribution in [0.2, 0.25) is 0 Å². The number of hydrogen-bond donors (Lipinski definition) is 2. The number of aliphatic hydroxyl groups excluding tert-OH is 1. The topological polar surface area (TPSA) is 62.4 Å². The number of nitrogens with two attached hydrogens (primary N) is 1. The van der Waals surface area contributed by atoms with Crippen molar-refractivity contribution in [2.45, 2.75) is 25.5 Å². The minimum atomic E-state index is -0.652. The minimum Gasteiger partial charge on any atom is -0.386 e. The summed E-state index contributed by atoms with van der Waals surface area (Å²) in [6.07, 6.45) is 0.968. The normalized spacial score (nSPS) is 14.3. The molecule has 0 aliphatic carbocycles. The summed E-state index contributed by atoms with van der Waals surface area (Å²) >= 11 is 0. The highest BCUT2D eigenvalue weighted by molar-refractivity contribution is 5.41. The Balaban J connectivity index is 3.04. The molecule has 1 aromatic rings. The molecule has 0 aliphatic rings. The van der Waals surface area contributed by atoms with E-state index in [1.807, 2.05) is 32.8 Å². The van der Waals surface area contributed by atoms with E-state index in [9.17, 15) is 5.11 Å². The highest BCUT2D eigenvalue weighted by Crippen LogP contribution is 2.31. The van der Waals surface area contributed by atoms with Gasteiger partial charge in [-0.2, -0.15) is 0 Å². The Hall–Kier alpha value is -1.13. The Kier molecular flexibility index (Phi) is 3.31. The molecule has 0 aromatic carbocycles. The van der Waals surface area contributed by atoms with Crippen molar-refractivity contribution in [1.82, 2.24) is 9.88 Å². The standard InChI is InChI=1S/C11H19N3O/c1-11(2,14(3)4)9(15)8-6-5-7-13-10(8)12/h5-7,9,15H,1-4H3,(H2,12,13). The zero-order valence-corrected chi connectivity index (χ0v) is 9.73. The van der Waals surface area contributed by atoms with Crippen molar-refractivity contribution in [2.24, 2.45) is 0 Å². The van der Waals surface area contributed by atoms with Gasteiger partial charge in [-0.1, -0.05) is 6.07 Å². The van der Waals surface area contributed by atoms with E-state index in [1.165, 1.54) is 0 Å². The predicted octanol–water partition coefficient (Wildman–Crippen LogP) is 1.04. The molecule has 1 aromatic heterocycles. The Morgan fingerprint density at radius 3 is 2.53 bits per heavy atom. The molecule has 0 saturated heterocycles. The average Bonchev–Trinajstić information content (AvgIpc) is 2.17. The van der Waals surface area contributed by atoms with Gasteiger partial charge in [-0.15, -0.1) is 0 Å². The van der Waals surface area contributed by atoms with Gasteiger partial charge in [0.1, 0.15) is 11.9 Å². The van der Waals surface area contributed by atoms with Crippen LogP contribution in [0.4, 0.5) is 5.82 Å². The first-order valence-electron chi connectivity index (χ1n) is 4.93. The predicted molar refractivity (Wildman–Crippen MR) is 61.4 cm³/mol. The molecule has 1 rings (SSSR count). The van der Waals surface area contributed by atoms with Crippen molar-refractivity contribution in [3.05, 3.63) is 23.9 Å². The van der Waals surface area contributed by atoms with Gasteiger partial charge in [0.05, 0.1) is 0 Å². The fourth-order valence-electron chi connectivity index (χ4n) is 1.29. The van der Waals surface area contributed by atoms with Crippen LogP contribution < -0.4 is 5.73 Å². The van der Waals surface area contributed by atoms with Crippen molar-refractivity contribution in [3.8, 4) is 0 Å². The fraction of sp³-hybridized carbons (Fsp3) is 0.545. The van der Waals surface area contributed by atoms with E-state index in [0.29, 0.717) is 11.4 Å². The van der Waals surface area contributed by atoms with Gasteiger partial charge in [0, 0.05) is 17.3 Å². The first-order chi connectivity index (χ1) is 6.87. The summed E-state index contributed by atoms with van der Waals surface area (Å²) in [5, 5.41) is 10.2. The van der Waals surface area contributed by atoms with Gasteiger partial charge < -0.3 is 15.7 Å². The number of rotatable bonds is 3. The zero-order chi connectivity index (χ0) is 11.6. The van der Waals surface area contributed by atoms with Crippen LogP contribution in [0, 0.1) is 0 Å². The first-order valence-corrected chi connectivity index (χ1v) is 4.93. The number of anilines is 1. The van der Waals surface area contributed by atoms with Gasteiger partial charge >= 0.3 is 0 Å².